The number of carbonyl (C=O) groups excluding carboxylic acids is 1. The Kier molecular flexibility index (Phi) is 8.70. The van der Waals surface area contributed by atoms with Gasteiger partial charge in [-0.15, -0.1) is 0 Å². The van der Waals surface area contributed by atoms with Crippen molar-refractivity contribution in [3.05, 3.63) is 28.8 Å². The normalized spacial score (nSPS) is 16.9. The van der Waals surface area contributed by atoms with Gasteiger partial charge in [0.2, 0.25) is 10.0 Å². The molecule has 0 amide bonds. The molecule has 158 valence electrons. The first kappa shape index (κ1) is 23.1. The van der Waals surface area contributed by atoms with E-state index in [0.29, 0.717) is 25.7 Å². The Morgan fingerprint density at radius 2 is 1.93 bits per heavy atom. The molecule has 1 atom stereocenters. The number of esters is 1. The summed E-state index contributed by atoms with van der Waals surface area (Å²) in [6.45, 7) is 7.43. The van der Waals surface area contributed by atoms with Crippen LogP contribution >= 0.6 is 11.6 Å². The Labute approximate surface area is 172 Å². The van der Waals surface area contributed by atoms with Gasteiger partial charge in [-0.3, -0.25) is 4.90 Å². The number of benzene rings is 1. The fraction of sp³-hybridized carbons (Fsp3) is 0.632. The minimum absolute atomic E-state index is 0.0131. The molecular weight excluding hydrogens is 404 g/mol. The van der Waals surface area contributed by atoms with Crippen LogP contribution in [-0.2, 0) is 19.5 Å². The van der Waals surface area contributed by atoms with E-state index in [1.54, 1.807) is 0 Å². The molecule has 1 heterocycles. The smallest absolute Gasteiger partial charge is 0.337 e. The number of hydrogen-bond acceptors (Lipinski definition) is 6. The van der Waals surface area contributed by atoms with Crippen molar-refractivity contribution < 1.29 is 22.7 Å². The first-order chi connectivity index (χ1) is 13.3. The molecule has 1 fully saturated rings. The Balaban J connectivity index is 2.17. The van der Waals surface area contributed by atoms with Gasteiger partial charge in [-0.2, -0.15) is 0 Å². The van der Waals surface area contributed by atoms with Gasteiger partial charge in [-0.05, 0) is 24.1 Å². The van der Waals surface area contributed by atoms with Crippen LogP contribution in [0.25, 0.3) is 0 Å². The Hall–Kier alpha value is -1.19. The highest BCUT2D eigenvalue weighted by Crippen LogP contribution is 2.24. The lowest BCUT2D eigenvalue weighted by atomic mass is 9.92. The number of rotatable bonds is 9. The van der Waals surface area contributed by atoms with E-state index in [0.717, 1.165) is 25.9 Å². The van der Waals surface area contributed by atoms with E-state index < -0.39 is 16.0 Å². The molecule has 1 unspecified atom stereocenters. The number of sulfonamides is 1. The van der Waals surface area contributed by atoms with Crippen LogP contribution in [0.5, 0.6) is 0 Å². The first-order valence-electron chi connectivity index (χ1n) is 9.53. The zero-order chi connectivity index (χ0) is 20.7. The highest BCUT2D eigenvalue weighted by Gasteiger charge is 2.29. The van der Waals surface area contributed by atoms with E-state index in [2.05, 4.69) is 28.2 Å². The zero-order valence-corrected chi connectivity index (χ0v) is 18.2. The monoisotopic (exact) mass is 432 g/mol. The molecule has 1 aliphatic heterocycles. The molecule has 0 radical (unpaired) electrons. The second kappa shape index (κ2) is 10.5. The second-order valence-electron chi connectivity index (χ2n) is 6.78. The van der Waals surface area contributed by atoms with Crippen molar-refractivity contribution in [1.29, 1.82) is 0 Å². The quantitative estimate of drug-likeness (QED) is 0.603. The molecule has 28 heavy (non-hydrogen) atoms. The average Bonchev–Trinajstić information content (AvgIpc) is 2.70. The summed E-state index contributed by atoms with van der Waals surface area (Å²) < 4.78 is 38.5. The topological polar surface area (TPSA) is 84.9 Å². The summed E-state index contributed by atoms with van der Waals surface area (Å²) in [6, 6.07) is 4.12. The minimum Gasteiger partial charge on any atom is -0.465 e. The van der Waals surface area contributed by atoms with E-state index in [9.17, 15) is 13.2 Å². The van der Waals surface area contributed by atoms with Crippen molar-refractivity contribution in [3.63, 3.8) is 0 Å². The van der Waals surface area contributed by atoms with Crippen LogP contribution in [0.2, 0.25) is 5.02 Å². The third-order valence-corrected chi connectivity index (χ3v) is 7.14. The number of methoxy groups -OCH3 is 1. The lowest BCUT2D eigenvalue weighted by molar-refractivity contribution is 0.00297. The van der Waals surface area contributed by atoms with Gasteiger partial charge in [0.15, 0.2) is 0 Å². The van der Waals surface area contributed by atoms with Gasteiger partial charge in [0.05, 0.1) is 30.9 Å². The molecule has 0 saturated carbocycles. The van der Waals surface area contributed by atoms with E-state index in [-0.39, 0.29) is 21.5 Å². The van der Waals surface area contributed by atoms with Gasteiger partial charge in [0.25, 0.3) is 0 Å². The Morgan fingerprint density at radius 1 is 1.29 bits per heavy atom. The molecule has 0 aliphatic carbocycles. The maximum Gasteiger partial charge on any atom is 0.337 e. The van der Waals surface area contributed by atoms with Crippen LogP contribution in [0.15, 0.2) is 23.1 Å². The van der Waals surface area contributed by atoms with Crippen molar-refractivity contribution in [1.82, 2.24) is 9.62 Å². The Bertz CT molecular complexity index is 762. The standard InChI is InChI=1S/C19H29ClN2O5S/c1-4-14(5-2)17(22-8-10-27-11-9-22)13-21-28(24,25)18-7-6-15(12-16(18)20)19(23)26-3/h6-7,12,14,17,21H,4-5,8-11,13H2,1-3H3. The number of ether oxygens (including phenoxy) is 2. The predicted octanol–water partition coefficient (Wildman–Crippen LogP) is 2.54. The van der Waals surface area contributed by atoms with Crippen molar-refractivity contribution in [3.8, 4) is 0 Å². The largest absolute Gasteiger partial charge is 0.465 e. The van der Waals surface area contributed by atoms with Crippen molar-refractivity contribution in [2.45, 2.75) is 37.6 Å². The third kappa shape index (κ3) is 5.67. The number of halogens is 1. The summed E-state index contributed by atoms with van der Waals surface area (Å²) in [5.41, 5.74) is 0.203. The Morgan fingerprint density at radius 3 is 2.46 bits per heavy atom. The second-order valence-corrected chi connectivity index (χ2v) is 8.92. The van der Waals surface area contributed by atoms with Crippen molar-refractivity contribution >= 4 is 27.6 Å². The number of carbonyl (C=O) groups is 1. The maximum absolute atomic E-state index is 12.8. The van der Waals surface area contributed by atoms with E-state index in [1.165, 1.54) is 25.3 Å². The SMILES string of the molecule is CCC(CC)C(CNS(=O)(=O)c1ccc(C(=O)OC)cc1Cl)N1CCOCC1. The van der Waals surface area contributed by atoms with Crippen LogP contribution in [0, 0.1) is 5.92 Å². The van der Waals surface area contributed by atoms with Crippen LogP contribution in [0.3, 0.4) is 0 Å². The molecule has 1 aromatic carbocycles. The van der Waals surface area contributed by atoms with Gasteiger partial charge in [-0.25, -0.2) is 17.9 Å². The molecule has 7 nitrogen and oxygen atoms in total. The van der Waals surface area contributed by atoms with Gasteiger partial charge in [0.1, 0.15) is 4.90 Å². The summed E-state index contributed by atoms with van der Waals surface area (Å²) in [4.78, 5) is 13.8. The van der Waals surface area contributed by atoms with Crippen LogP contribution in [-0.4, -0.2) is 65.3 Å². The highest BCUT2D eigenvalue weighted by atomic mass is 35.5. The fourth-order valence-corrected chi connectivity index (χ4v) is 5.17. The van der Waals surface area contributed by atoms with E-state index in [1.807, 2.05) is 0 Å². The maximum atomic E-state index is 12.8. The lowest BCUT2D eigenvalue weighted by Crippen LogP contribution is -2.52. The molecule has 1 N–H and O–H groups in total. The number of morpholine rings is 1. The van der Waals surface area contributed by atoms with Crippen molar-refractivity contribution in [2.24, 2.45) is 5.92 Å². The average molecular weight is 433 g/mol. The molecule has 1 saturated heterocycles. The van der Waals surface area contributed by atoms with E-state index >= 15 is 0 Å². The van der Waals surface area contributed by atoms with Crippen LogP contribution in [0.1, 0.15) is 37.0 Å². The molecule has 0 spiro atoms. The van der Waals surface area contributed by atoms with Crippen LogP contribution < -0.4 is 4.72 Å². The zero-order valence-electron chi connectivity index (χ0n) is 16.6. The number of hydrogen-bond donors (Lipinski definition) is 1. The summed E-state index contributed by atoms with van der Waals surface area (Å²) >= 11 is 6.14. The molecule has 1 aromatic rings. The molecule has 0 aromatic heterocycles. The molecule has 2 rings (SSSR count). The molecule has 1 aliphatic rings. The highest BCUT2D eigenvalue weighted by molar-refractivity contribution is 7.89. The van der Waals surface area contributed by atoms with Gasteiger partial charge in [-0.1, -0.05) is 38.3 Å². The fourth-order valence-electron chi connectivity index (χ4n) is 3.57. The molecule has 0 bridgehead atoms. The summed E-state index contributed by atoms with van der Waals surface area (Å²) in [5, 5.41) is -0.0131. The van der Waals surface area contributed by atoms with Gasteiger partial charge < -0.3 is 9.47 Å². The molecule has 9 heteroatoms. The number of nitrogens with zero attached hydrogens (tertiary/aromatic N) is 1. The van der Waals surface area contributed by atoms with Crippen molar-refractivity contribution in [2.75, 3.05) is 40.0 Å². The van der Waals surface area contributed by atoms with Crippen LogP contribution in [0.4, 0.5) is 0 Å². The lowest BCUT2D eigenvalue weighted by Gasteiger charge is -2.38. The summed E-state index contributed by atoms with van der Waals surface area (Å²) in [7, 11) is -2.56. The summed E-state index contributed by atoms with van der Waals surface area (Å²) in [6.07, 6.45) is 1.93. The van der Waals surface area contributed by atoms with E-state index in [4.69, 9.17) is 16.3 Å². The predicted molar refractivity (Wildman–Crippen MR) is 108 cm³/mol. The third-order valence-electron chi connectivity index (χ3n) is 5.23. The number of nitrogens with one attached hydrogen (secondary N) is 1. The van der Waals surface area contributed by atoms with Gasteiger partial charge >= 0.3 is 5.97 Å². The summed E-state index contributed by atoms with van der Waals surface area (Å²) in [5.74, 6) is -0.196. The minimum atomic E-state index is -3.82. The molecular formula is C19H29ClN2O5S. The first-order valence-corrected chi connectivity index (χ1v) is 11.4. The van der Waals surface area contributed by atoms with Gasteiger partial charge in [0, 0.05) is 25.7 Å².